The van der Waals surface area contributed by atoms with Gasteiger partial charge >= 0.3 is 5.97 Å². The zero-order valence-corrected chi connectivity index (χ0v) is 12.0. The van der Waals surface area contributed by atoms with Gasteiger partial charge in [0.1, 0.15) is 0 Å². The summed E-state index contributed by atoms with van der Waals surface area (Å²) < 4.78 is 5.37. The highest BCUT2D eigenvalue weighted by molar-refractivity contribution is 5.85. The highest BCUT2D eigenvalue weighted by atomic mass is 16.5. The van der Waals surface area contributed by atoms with Gasteiger partial charge in [-0.2, -0.15) is 0 Å². The van der Waals surface area contributed by atoms with Gasteiger partial charge < -0.3 is 15.2 Å². The summed E-state index contributed by atoms with van der Waals surface area (Å²) in [5.41, 5.74) is 0. The Kier molecular flexibility index (Phi) is 6.28. The third-order valence-corrected chi connectivity index (χ3v) is 3.45. The van der Waals surface area contributed by atoms with E-state index in [0.29, 0.717) is 44.4 Å². The van der Waals surface area contributed by atoms with Gasteiger partial charge in [-0.1, -0.05) is 20.8 Å². The molecular formula is C14H25NO4. The van der Waals surface area contributed by atoms with Crippen LogP contribution in [0.15, 0.2) is 0 Å². The molecule has 3 atom stereocenters. The molecule has 19 heavy (non-hydrogen) atoms. The van der Waals surface area contributed by atoms with E-state index in [1.807, 2.05) is 6.92 Å². The molecule has 1 saturated carbocycles. The Bertz CT molecular complexity index is 317. The lowest BCUT2D eigenvalue weighted by Gasteiger charge is -2.15. The third kappa shape index (κ3) is 5.19. The van der Waals surface area contributed by atoms with Crippen molar-refractivity contribution < 1.29 is 19.4 Å². The van der Waals surface area contributed by atoms with E-state index in [2.05, 4.69) is 19.2 Å². The first-order valence-corrected chi connectivity index (χ1v) is 7.00. The average Bonchev–Trinajstić information content (AvgIpc) is 2.70. The first kappa shape index (κ1) is 16.0. The van der Waals surface area contributed by atoms with E-state index in [1.165, 1.54) is 0 Å². The van der Waals surface area contributed by atoms with E-state index in [4.69, 9.17) is 9.84 Å². The van der Waals surface area contributed by atoms with E-state index >= 15 is 0 Å². The predicted octanol–water partition coefficient (Wildman–Crippen LogP) is 1.52. The van der Waals surface area contributed by atoms with Crippen LogP contribution in [0.5, 0.6) is 0 Å². The molecule has 1 unspecified atom stereocenters. The highest BCUT2D eigenvalue weighted by Crippen LogP contribution is 2.36. The molecule has 0 saturated heterocycles. The molecular weight excluding hydrogens is 246 g/mol. The minimum absolute atomic E-state index is 0.148. The first-order chi connectivity index (χ1) is 8.91. The Hall–Kier alpha value is -1.10. The van der Waals surface area contributed by atoms with Gasteiger partial charge in [-0.05, 0) is 24.7 Å². The molecule has 5 nitrogen and oxygen atoms in total. The molecule has 1 rings (SSSR count). The van der Waals surface area contributed by atoms with Crippen molar-refractivity contribution >= 4 is 11.9 Å². The van der Waals surface area contributed by atoms with E-state index in [-0.39, 0.29) is 5.91 Å². The average molecular weight is 271 g/mol. The van der Waals surface area contributed by atoms with Crippen LogP contribution in [0.3, 0.4) is 0 Å². The number of carboxylic acids is 1. The maximum atomic E-state index is 12.0. The molecule has 2 N–H and O–H groups in total. The van der Waals surface area contributed by atoms with Crippen molar-refractivity contribution in [2.75, 3.05) is 19.8 Å². The number of carbonyl (C=O) groups excluding carboxylic acids is 1. The Balaban J connectivity index is 2.30. The van der Waals surface area contributed by atoms with Crippen LogP contribution in [0.25, 0.3) is 0 Å². The zero-order valence-electron chi connectivity index (χ0n) is 12.0. The number of carboxylic acid groups (broad SMARTS) is 1. The number of aliphatic carboxylic acids is 1. The normalized spacial score (nSPS) is 26.6. The molecule has 0 aromatic rings. The van der Waals surface area contributed by atoms with E-state index in [9.17, 15) is 9.59 Å². The number of amides is 1. The zero-order chi connectivity index (χ0) is 14.4. The second kappa shape index (κ2) is 7.48. The summed E-state index contributed by atoms with van der Waals surface area (Å²) in [6, 6.07) is 0. The number of hydrogen-bond acceptors (Lipinski definition) is 3. The quantitative estimate of drug-likeness (QED) is 0.688. The van der Waals surface area contributed by atoms with Crippen molar-refractivity contribution in [3.8, 4) is 0 Å². The van der Waals surface area contributed by atoms with E-state index in [1.54, 1.807) is 0 Å². The maximum Gasteiger partial charge on any atom is 0.307 e. The van der Waals surface area contributed by atoms with Crippen LogP contribution in [0.4, 0.5) is 0 Å². The second-order valence-corrected chi connectivity index (χ2v) is 5.89. The fourth-order valence-electron chi connectivity index (χ4n) is 2.55. The van der Waals surface area contributed by atoms with Crippen LogP contribution in [0.1, 0.15) is 33.6 Å². The molecule has 1 aliphatic rings. The van der Waals surface area contributed by atoms with Gasteiger partial charge in [0, 0.05) is 13.2 Å². The molecule has 0 bridgehead atoms. The van der Waals surface area contributed by atoms with Crippen molar-refractivity contribution in [1.29, 1.82) is 0 Å². The van der Waals surface area contributed by atoms with Gasteiger partial charge in [-0.3, -0.25) is 9.59 Å². The lowest BCUT2D eigenvalue weighted by atomic mass is 9.95. The highest BCUT2D eigenvalue weighted by Gasteiger charge is 2.40. The summed E-state index contributed by atoms with van der Waals surface area (Å²) in [6.45, 7) is 7.72. The van der Waals surface area contributed by atoms with Crippen LogP contribution in [0, 0.1) is 23.7 Å². The third-order valence-electron chi connectivity index (χ3n) is 3.45. The van der Waals surface area contributed by atoms with Crippen LogP contribution in [-0.4, -0.2) is 36.7 Å². The first-order valence-electron chi connectivity index (χ1n) is 7.00. The number of ether oxygens (including phenoxy) is 1. The second-order valence-electron chi connectivity index (χ2n) is 5.89. The van der Waals surface area contributed by atoms with Crippen molar-refractivity contribution in [3.63, 3.8) is 0 Å². The summed E-state index contributed by atoms with van der Waals surface area (Å²) in [5.74, 6) is -1.16. The molecule has 0 spiro atoms. The van der Waals surface area contributed by atoms with Gasteiger partial charge in [0.25, 0.3) is 0 Å². The molecule has 0 heterocycles. The Morgan fingerprint density at radius 3 is 2.53 bits per heavy atom. The van der Waals surface area contributed by atoms with Crippen molar-refractivity contribution in [2.45, 2.75) is 33.6 Å². The van der Waals surface area contributed by atoms with Crippen LogP contribution < -0.4 is 5.32 Å². The summed E-state index contributed by atoms with van der Waals surface area (Å²) in [5, 5.41) is 11.9. The lowest BCUT2D eigenvalue weighted by Crippen LogP contribution is -2.37. The van der Waals surface area contributed by atoms with Gasteiger partial charge in [0.15, 0.2) is 0 Å². The Morgan fingerprint density at radius 1 is 1.32 bits per heavy atom. The summed E-state index contributed by atoms with van der Waals surface area (Å²) in [7, 11) is 0. The van der Waals surface area contributed by atoms with E-state index < -0.39 is 17.8 Å². The van der Waals surface area contributed by atoms with Crippen LogP contribution in [-0.2, 0) is 14.3 Å². The Morgan fingerprint density at radius 2 is 1.95 bits per heavy atom. The van der Waals surface area contributed by atoms with Crippen molar-refractivity contribution in [3.05, 3.63) is 0 Å². The molecule has 0 radical (unpaired) electrons. The molecule has 1 aliphatic carbocycles. The number of carbonyl (C=O) groups is 2. The maximum absolute atomic E-state index is 12.0. The smallest absolute Gasteiger partial charge is 0.307 e. The molecule has 5 heteroatoms. The largest absolute Gasteiger partial charge is 0.481 e. The topological polar surface area (TPSA) is 75.6 Å². The predicted molar refractivity (Wildman–Crippen MR) is 71.7 cm³/mol. The molecule has 110 valence electrons. The molecule has 0 aromatic heterocycles. The number of nitrogens with one attached hydrogen (secondary N) is 1. The Labute approximate surface area is 114 Å². The molecule has 1 amide bonds. The van der Waals surface area contributed by atoms with Gasteiger partial charge in [0.05, 0.1) is 18.4 Å². The molecule has 1 fully saturated rings. The minimum atomic E-state index is -0.861. The lowest BCUT2D eigenvalue weighted by molar-refractivity contribution is -0.146. The molecule has 0 aliphatic heterocycles. The van der Waals surface area contributed by atoms with Crippen LogP contribution in [0.2, 0.25) is 0 Å². The summed E-state index contributed by atoms with van der Waals surface area (Å²) in [4.78, 5) is 23.1. The SMILES string of the molecule is CC(C)COCCNC(=O)[C@H]1CC(C)C[C@H]1C(=O)O. The number of hydrogen-bond donors (Lipinski definition) is 2. The summed E-state index contributed by atoms with van der Waals surface area (Å²) in [6.07, 6.45) is 1.26. The standard InChI is InChI=1S/C14H25NO4/c1-9(2)8-19-5-4-15-13(16)11-6-10(3)7-12(11)14(17)18/h9-12H,4-8H2,1-3H3,(H,15,16)(H,17,18)/t10?,11-,12+/m0/s1. The molecule has 0 aromatic carbocycles. The number of rotatable bonds is 7. The monoisotopic (exact) mass is 271 g/mol. The van der Waals surface area contributed by atoms with Crippen molar-refractivity contribution in [1.82, 2.24) is 5.32 Å². The minimum Gasteiger partial charge on any atom is -0.481 e. The summed E-state index contributed by atoms with van der Waals surface area (Å²) >= 11 is 0. The van der Waals surface area contributed by atoms with Gasteiger partial charge in [0.2, 0.25) is 5.91 Å². The van der Waals surface area contributed by atoms with E-state index in [0.717, 1.165) is 0 Å². The fourth-order valence-corrected chi connectivity index (χ4v) is 2.55. The van der Waals surface area contributed by atoms with Crippen molar-refractivity contribution in [2.24, 2.45) is 23.7 Å². The van der Waals surface area contributed by atoms with Crippen LogP contribution >= 0.6 is 0 Å². The van der Waals surface area contributed by atoms with Gasteiger partial charge in [-0.15, -0.1) is 0 Å². The fraction of sp³-hybridized carbons (Fsp3) is 0.857. The van der Waals surface area contributed by atoms with Gasteiger partial charge in [-0.25, -0.2) is 0 Å².